The van der Waals surface area contributed by atoms with Crippen molar-refractivity contribution in [2.45, 2.75) is 59.4 Å². The lowest BCUT2D eigenvalue weighted by atomic mass is 9.87. The molecule has 1 atom stereocenters. The van der Waals surface area contributed by atoms with E-state index in [1.54, 1.807) is 13.8 Å². The topological polar surface area (TPSA) is 12.0 Å². The fraction of sp³-hybridized carbons (Fsp3) is 0.625. The van der Waals surface area contributed by atoms with Crippen LogP contribution in [0.15, 0.2) is 6.07 Å². The van der Waals surface area contributed by atoms with E-state index in [4.69, 9.17) is 0 Å². The zero-order chi connectivity index (χ0) is 16.4. The normalized spacial score (nSPS) is 13.8. The summed E-state index contributed by atoms with van der Waals surface area (Å²) in [6.07, 6.45) is -3.11. The van der Waals surface area contributed by atoms with Crippen molar-refractivity contribution in [1.82, 2.24) is 5.32 Å². The Morgan fingerprint density at radius 3 is 1.90 bits per heavy atom. The van der Waals surface area contributed by atoms with E-state index in [2.05, 4.69) is 5.32 Å². The molecular formula is C16H23F4N. The Bertz CT molecular complexity index is 471. The van der Waals surface area contributed by atoms with Crippen molar-refractivity contribution in [3.8, 4) is 0 Å². The summed E-state index contributed by atoms with van der Waals surface area (Å²) in [5.41, 5.74) is 3.26. The molecule has 0 saturated carbocycles. The number of nitrogens with one attached hydrogen (secondary N) is 1. The van der Waals surface area contributed by atoms with E-state index < -0.39 is 18.4 Å². The van der Waals surface area contributed by atoms with Crippen molar-refractivity contribution < 1.29 is 17.6 Å². The van der Waals surface area contributed by atoms with Crippen LogP contribution in [0.3, 0.4) is 0 Å². The molecule has 0 bridgehead atoms. The number of benzene rings is 1. The summed E-state index contributed by atoms with van der Waals surface area (Å²) < 4.78 is 53.8. The molecule has 0 amide bonds. The maximum Gasteiger partial charge on any atom is 0.326 e. The van der Waals surface area contributed by atoms with E-state index in [9.17, 15) is 17.6 Å². The molecule has 0 fully saturated rings. The Balaban J connectivity index is 3.47. The highest BCUT2D eigenvalue weighted by Gasteiger charge is 2.50. The zero-order valence-electron chi connectivity index (χ0n) is 13.2. The van der Waals surface area contributed by atoms with Gasteiger partial charge in [0.2, 0.25) is 0 Å². The lowest BCUT2D eigenvalue weighted by Gasteiger charge is -2.31. The third kappa shape index (κ3) is 3.57. The van der Waals surface area contributed by atoms with Gasteiger partial charge in [-0.25, -0.2) is 8.78 Å². The van der Waals surface area contributed by atoms with Crippen molar-refractivity contribution in [2.24, 2.45) is 0 Å². The predicted octanol–water partition coefficient (Wildman–Crippen LogP) is 4.86. The first-order valence-electron chi connectivity index (χ1n) is 7.11. The molecule has 0 aliphatic heterocycles. The molecule has 0 aromatic heterocycles. The van der Waals surface area contributed by atoms with Crippen LogP contribution in [0.1, 0.15) is 47.2 Å². The monoisotopic (exact) mass is 305 g/mol. The largest absolute Gasteiger partial charge is 0.326 e. The number of rotatable bonds is 6. The molecule has 0 aliphatic carbocycles. The first-order valence-corrected chi connectivity index (χ1v) is 7.11. The van der Waals surface area contributed by atoms with Gasteiger partial charge in [0.15, 0.2) is 0 Å². The molecule has 1 aromatic rings. The average Bonchev–Trinajstić information content (AvgIpc) is 2.39. The van der Waals surface area contributed by atoms with E-state index in [0.717, 1.165) is 11.1 Å². The van der Waals surface area contributed by atoms with Gasteiger partial charge in [0.25, 0.3) is 0 Å². The molecule has 21 heavy (non-hydrogen) atoms. The van der Waals surface area contributed by atoms with Gasteiger partial charge in [-0.15, -0.1) is 0 Å². The van der Waals surface area contributed by atoms with Gasteiger partial charge in [-0.05, 0) is 68.5 Å². The van der Waals surface area contributed by atoms with Crippen LogP contribution in [0.4, 0.5) is 17.6 Å². The highest BCUT2D eigenvalue weighted by Crippen LogP contribution is 2.40. The first kappa shape index (κ1) is 18.0. The van der Waals surface area contributed by atoms with Crippen LogP contribution in [0.2, 0.25) is 0 Å². The first-order chi connectivity index (χ1) is 9.64. The van der Waals surface area contributed by atoms with E-state index in [1.807, 2.05) is 26.8 Å². The predicted molar refractivity (Wildman–Crippen MR) is 77.4 cm³/mol. The minimum absolute atomic E-state index is 0.263. The van der Waals surface area contributed by atoms with Crippen LogP contribution in [0, 0.1) is 27.7 Å². The molecule has 120 valence electrons. The third-order valence-electron chi connectivity index (χ3n) is 3.99. The van der Waals surface area contributed by atoms with Gasteiger partial charge in [-0.2, -0.15) is 8.78 Å². The molecular weight excluding hydrogens is 282 g/mol. The zero-order valence-corrected chi connectivity index (χ0v) is 13.2. The molecule has 0 spiro atoms. The smallest absolute Gasteiger partial charge is 0.305 e. The van der Waals surface area contributed by atoms with Crippen LogP contribution in [-0.2, 0) is 0 Å². The maximum absolute atomic E-state index is 14.0. The number of alkyl halides is 4. The van der Waals surface area contributed by atoms with E-state index >= 15 is 0 Å². The third-order valence-corrected chi connectivity index (χ3v) is 3.99. The molecule has 1 N–H and O–H groups in total. The molecule has 1 nitrogen and oxygen atoms in total. The SMILES string of the molecule is CCCNC(c1c(C)c(C)cc(C)c1C)C(F)(F)C(F)F. The Morgan fingerprint density at radius 2 is 1.52 bits per heavy atom. The highest BCUT2D eigenvalue weighted by atomic mass is 19.3. The Morgan fingerprint density at radius 1 is 1.05 bits per heavy atom. The van der Waals surface area contributed by atoms with Crippen molar-refractivity contribution >= 4 is 0 Å². The van der Waals surface area contributed by atoms with Gasteiger partial charge in [0, 0.05) is 0 Å². The van der Waals surface area contributed by atoms with Crippen LogP contribution in [0.25, 0.3) is 0 Å². The number of halogens is 4. The Hall–Kier alpha value is -1.10. The molecule has 0 heterocycles. The summed E-state index contributed by atoms with van der Waals surface area (Å²) >= 11 is 0. The number of aryl methyl sites for hydroxylation is 2. The summed E-state index contributed by atoms with van der Waals surface area (Å²) in [7, 11) is 0. The fourth-order valence-corrected chi connectivity index (χ4v) is 2.53. The second-order valence-corrected chi connectivity index (χ2v) is 5.54. The maximum atomic E-state index is 14.0. The molecule has 1 rings (SSSR count). The van der Waals surface area contributed by atoms with Crippen LogP contribution >= 0.6 is 0 Å². The summed E-state index contributed by atoms with van der Waals surface area (Å²) in [4.78, 5) is 0. The average molecular weight is 305 g/mol. The standard InChI is InChI=1S/C16H23F4N/c1-6-7-21-14(16(19,20)15(17)18)13-11(4)9(2)8-10(3)12(13)5/h8,14-15,21H,6-7H2,1-5H3. The van der Waals surface area contributed by atoms with Gasteiger partial charge in [0.1, 0.15) is 6.04 Å². The molecule has 0 aliphatic rings. The van der Waals surface area contributed by atoms with Crippen LogP contribution in [-0.4, -0.2) is 18.9 Å². The minimum Gasteiger partial charge on any atom is -0.305 e. The fourth-order valence-electron chi connectivity index (χ4n) is 2.53. The lowest BCUT2D eigenvalue weighted by Crippen LogP contribution is -2.43. The van der Waals surface area contributed by atoms with E-state index in [1.165, 1.54) is 0 Å². The molecule has 0 saturated heterocycles. The Kier molecular flexibility index (Phi) is 5.79. The van der Waals surface area contributed by atoms with Gasteiger partial charge in [-0.3, -0.25) is 0 Å². The van der Waals surface area contributed by atoms with Crippen LogP contribution in [0.5, 0.6) is 0 Å². The van der Waals surface area contributed by atoms with Crippen molar-refractivity contribution in [3.63, 3.8) is 0 Å². The molecule has 1 aromatic carbocycles. The van der Waals surface area contributed by atoms with Gasteiger partial charge < -0.3 is 5.32 Å². The van der Waals surface area contributed by atoms with Gasteiger partial charge in [0.05, 0.1) is 0 Å². The van der Waals surface area contributed by atoms with Crippen LogP contribution < -0.4 is 5.32 Å². The van der Waals surface area contributed by atoms with Crippen molar-refractivity contribution in [2.75, 3.05) is 6.54 Å². The van der Waals surface area contributed by atoms with Crippen molar-refractivity contribution in [1.29, 1.82) is 0 Å². The molecule has 0 radical (unpaired) electrons. The quantitative estimate of drug-likeness (QED) is 0.740. The summed E-state index contributed by atoms with van der Waals surface area (Å²) in [5.74, 6) is -4.11. The van der Waals surface area contributed by atoms with E-state index in [-0.39, 0.29) is 6.54 Å². The lowest BCUT2D eigenvalue weighted by molar-refractivity contribution is -0.151. The molecule has 1 unspecified atom stereocenters. The second-order valence-electron chi connectivity index (χ2n) is 5.54. The Labute approximate surface area is 123 Å². The number of hydrogen-bond donors (Lipinski definition) is 1. The molecule has 5 heteroatoms. The number of hydrogen-bond acceptors (Lipinski definition) is 1. The highest BCUT2D eigenvalue weighted by molar-refractivity contribution is 5.46. The van der Waals surface area contributed by atoms with E-state index in [0.29, 0.717) is 23.1 Å². The summed E-state index contributed by atoms with van der Waals surface area (Å²) in [5, 5.41) is 2.61. The second kappa shape index (κ2) is 6.77. The summed E-state index contributed by atoms with van der Waals surface area (Å²) in [6, 6.07) is 0.224. The summed E-state index contributed by atoms with van der Waals surface area (Å²) in [6.45, 7) is 9.11. The minimum atomic E-state index is -4.11. The van der Waals surface area contributed by atoms with Crippen molar-refractivity contribution in [3.05, 3.63) is 33.9 Å². The van der Waals surface area contributed by atoms with Gasteiger partial charge in [-0.1, -0.05) is 13.0 Å². The van der Waals surface area contributed by atoms with Gasteiger partial charge >= 0.3 is 12.3 Å².